The Morgan fingerprint density at radius 3 is 2.37 bits per heavy atom. The Labute approximate surface area is 156 Å². The van der Waals surface area contributed by atoms with Gasteiger partial charge in [-0.25, -0.2) is 4.39 Å². The van der Waals surface area contributed by atoms with Gasteiger partial charge in [0.2, 0.25) is 0 Å². The molecule has 2 amide bonds. The molecule has 2 saturated heterocycles. The minimum Gasteiger partial charge on any atom is -0.481 e. The van der Waals surface area contributed by atoms with Crippen LogP contribution in [0.4, 0.5) is 4.39 Å². The van der Waals surface area contributed by atoms with Crippen molar-refractivity contribution in [3.63, 3.8) is 0 Å². The summed E-state index contributed by atoms with van der Waals surface area (Å²) >= 11 is 0. The highest BCUT2D eigenvalue weighted by Gasteiger charge is 2.50. The normalized spacial score (nSPS) is 30.3. The summed E-state index contributed by atoms with van der Waals surface area (Å²) in [5, 5.41) is 9.90. The van der Waals surface area contributed by atoms with Gasteiger partial charge in [-0.15, -0.1) is 0 Å². The van der Waals surface area contributed by atoms with Crippen LogP contribution in [0.1, 0.15) is 30.7 Å². The summed E-state index contributed by atoms with van der Waals surface area (Å²) < 4.78 is 13.3. The minimum absolute atomic E-state index is 0.142. The Morgan fingerprint density at radius 1 is 1.07 bits per heavy atom. The third-order valence-electron chi connectivity index (χ3n) is 6.13. The molecule has 3 aliphatic rings. The molecule has 4 rings (SSSR count). The number of imide groups is 1. The van der Waals surface area contributed by atoms with Crippen molar-refractivity contribution in [2.45, 2.75) is 37.3 Å². The number of carbonyl (C=O) groups is 3. The van der Waals surface area contributed by atoms with E-state index in [-0.39, 0.29) is 42.2 Å². The first-order chi connectivity index (χ1) is 13.0. The van der Waals surface area contributed by atoms with Gasteiger partial charge in [0, 0.05) is 43.2 Å². The van der Waals surface area contributed by atoms with Gasteiger partial charge in [0.1, 0.15) is 5.82 Å². The number of rotatable bonds is 5. The van der Waals surface area contributed by atoms with Crippen LogP contribution < -0.4 is 0 Å². The Morgan fingerprint density at radius 2 is 1.74 bits per heavy atom. The monoisotopic (exact) mass is 372 g/mol. The summed E-state index contributed by atoms with van der Waals surface area (Å²) in [6.07, 6.45) is 4.88. The molecular formula is C20H21FN2O4. The lowest BCUT2D eigenvalue weighted by atomic mass is 9.76. The number of benzene rings is 1. The molecule has 27 heavy (non-hydrogen) atoms. The first-order valence-electron chi connectivity index (χ1n) is 9.23. The fourth-order valence-corrected chi connectivity index (χ4v) is 4.92. The summed E-state index contributed by atoms with van der Waals surface area (Å²) in [6, 6.07) is 6.18. The molecule has 0 saturated carbocycles. The van der Waals surface area contributed by atoms with E-state index in [9.17, 15) is 23.9 Å². The van der Waals surface area contributed by atoms with E-state index in [1.165, 1.54) is 29.2 Å². The number of piperidine rings is 1. The minimum atomic E-state index is -0.852. The fraction of sp³-hybridized carbons (Fsp3) is 0.450. The molecule has 0 aromatic heterocycles. The van der Waals surface area contributed by atoms with E-state index in [1.807, 2.05) is 0 Å². The number of aliphatic carboxylic acids is 1. The zero-order valence-corrected chi connectivity index (χ0v) is 14.8. The molecule has 3 heterocycles. The van der Waals surface area contributed by atoms with E-state index in [1.54, 1.807) is 12.1 Å². The highest BCUT2D eigenvalue weighted by molar-refractivity contribution is 6.12. The van der Waals surface area contributed by atoms with Gasteiger partial charge in [-0.3, -0.25) is 24.2 Å². The third-order valence-corrected chi connectivity index (χ3v) is 6.13. The topological polar surface area (TPSA) is 77.9 Å². The lowest BCUT2D eigenvalue weighted by Crippen LogP contribution is -2.53. The molecule has 1 aromatic carbocycles. The Hall–Kier alpha value is -2.54. The molecule has 4 unspecified atom stereocenters. The van der Waals surface area contributed by atoms with Crippen molar-refractivity contribution < 1.29 is 23.9 Å². The smallest absolute Gasteiger partial charge is 0.308 e. The van der Waals surface area contributed by atoms with Crippen molar-refractivity contribution in [3.05, 3.63) is 47.8 Å². The van der Waals surface area contributed by atoms with Gasteiger partial charge in [0.05, 0.1) is 5.92 Å². The number of fused-ring (bicyclic) bond motifs is 2. The highest BCUT2D eigenvalue weighted by Crippen LogP contribution is 2.47. The van der Waals surface area contributed by atoms with Crippen molar-refractivity contribution in [2.24, 2.45) is 5.92 Å². The fourth-order valence-electron chi connectivity index (χ4n) is 4.92. The molecule has 2 fully saturated rings. The maximum absolute atomic E-state index is 13.3. The Balaban J connectivity index is 1.52. The number of carbonyl (C=O) groups excluding carboxylic acids is 2. The number of nitrogens with zero attached hydrogens (tertiary/aromatic N) is 2. The van der Waals surface area contributed by atoms with Crippen LogP contribution in [0.3, 0.4) is 0 Å². The second kappa shape index (κ2) is 6.88. The molecule has 6 nitrogen and oxygen atoms in total. The van der Waals surface area contributed by atoms with E-state index in [0.29, 0.717) is 13.0 Å². The van der Waals surface area contributed by atoms with Gasteiger partial charge >= 0.3 is 5.97 Å². The lowest BCUT2D eigenvalue weighted by Gasteiger charge is -2.43. The maximum atomic E-state index is 13.3. The predicted octanol–water partition coefficient (Wildman–Crippen LogP) is 1.77. The van der Waals surface area contributed by atoms with Crippen molar-refractivity contribution in [3.8, 4) is 0 Å². The Bertz CT molecular complexity index is 789. The zero-order chi connectivity index (χ0) is 19.1. The van der Waals surface area contributed by atoms with Crippen LogP contribution in [0.25, 0.3) is 0 Å². The second-order valence-corrected chi connectivity index (χ2v) is 7.46. The molecule has 1 N–H and O–H groups in total. The van der Waals surface area contributed by atoms with Crippen molar-refractivity contribution >= 4 is 17.8 Å². The number of carboxylic acids is 1. The van der Waals surface area contributed by atoms with Crippen molar-refractivity contribution in [1.29, 1.82) is 0 Å². The standard InChI is InChI=1S/C20H21FN2O4/c21-13-3-1-12(2-4-13)15-11-14-5-6-16(19(15)20(26)27)22(14)9-10-23-17(24)7-8-18(23)25/h1-4,7-8,14-16,19H,5-6,9-11H2,(H,26,27). The van der Waals surface area contributed by atoms with E-state index in [0.717, 1.165) is 18.4 Å². The first-order valence-corrected chi connectivity index (χ1v) is 9.23. The summed E-state index contributed by atoms with van der Waals surface area (Å²) in [5.41, 5.74) is 0.856. The molecule has 0 radical (unpaired) electrons. The lowest BCUT2D eigenvalue weighted by molar-refractivity contribution is -0.147. The van der Waals surface area contributed by atoms with E-state index in [2.05, 4.69) is 4.90 Å². The number of amides is 2. The molecular weight excluding hydrogens is 351 g/mol. The molecule has 142 valence electrons. The SMILES string of the molecule is O=C(O)C1C(c2ccc(F)cc2)CC2CCC1N2CCN1C(=O)C=CC1=O. The molecule has 7 heteroatoms. The third kappa shape index (κ3) is 3.16. The van der Waals surface area contributed by atoms with Crippen molar-refractivity contribution in [2.75, 3.05) is 13.1 Å². The summed E-state index contributed by atoms with van der Waals surface area (Å²) in [5.74, 6) is -2.56. The maximum Gasteiger partial charge on any atom is 0.308 e. The van der Waals surface area contributed by atoms with Crippen LogP contribution in [-0.4, -0.2) is 57.9 Å². The molecule has 4 atom stereocenters. The summed E-state index contributed by atoms with van der Waals surface area (Å²) in [6.45, 7) is 0.750. The van der Waals surface area contributed by atoms with Crippen LogP contribution in [0.5, 0.6) is 0 Å². The molecule has 0 aliphatic carbocycles. The van der Waals surface area contributed by atoms with Crippen LogP contribution in [0.2, 0.25) is 0 Å². The van der Waals surface area contributed by atoms with Crippen LogP contribution in [0, 0.1) is 11.7 Å². The number of halogens is 1. The van der Waals surface area contributed by atoms with Gasteiger partial charge in [0.25, 0.3) is 11.8 Å². The van der Waals surface area contributed by atoms with E-state index in [4.69, 9.17) is 0 Å². The number of hydrogen-bond acceptors (Lipinski definition) is 4. The average molecular weight is 372 g/mol. The molecule has 0 spiro atoms. The van der Waals surface area contributed by atoms with E-state index < -0.39 is 11.9 Å². The van der Waals surface area contributed by atoms with Crippen LogP contribution in [-0.2, 0) is 14.4 Å². The molecule has 1 aromatic rings. The van der Waals surface area contributed by atoms with Gasteiger partial charge in [-0.1, -0.05) is 12.1 Å². The van der Waals surface area contributed by atoms with Gasteiger partial charge in [-0.2, -0.15) is 0 Å². The zero-order valence-electron chi connectivity index (χ0n) is 14.8. The van der Waals surface area contributed by atoms with Gasteiger partial charge < -0.3 is 5.11 Å². The van der Waals surface area contributed by atoms with Crippen molar-refractivity contribution in [1.82, 2.24) is 9.80 Å². The number of hydrogen-bond donors (Lipinski definition) is 1. The quantitative estimate of drug-likeness (QED) is 0.797. The first kappa shape index (κ1) is 17.9. The number of carboxylic acid groups (broad SMARTS) is 1. The van der Waals surface area contributed by atoms with Crippen LogP contribution in [0.15, 0.2) is 36.4 Å². The Kier molecular flexibility index (Phi) is 4.55. The largest absolute Gasteiger partial charge is 0.481 e. The predicted molar refractivity (Wildman–Crippen MR) is 94.3 cm³/mol. The summed E-state index contributed by atoms with van der Waals surface area (Å²) in [4.78, 5) is 38.9. The average Bonchev–Trinajstić information content (AvgIpc) is 3.09. The second-order valence-electron chi connectivity index (χ2n) is 7.46. The molecule has 2 bridgehead atoms. The summed E-state index contributed by atoms with van der Waals surface area (Å²) in [7, 11) is 0. The highest BCUT2D eigenvalue weighted by atomic mass is 19.1. The van der Waals surface area contributed by atoms with Crippen LogP contribution >= 0.6 is 0 Å². The molecule has 3 aliphatic heterocycles. The van der Waals surface area contributed by atoms with E-state index >= 15 is 0 Å². The van der Waals surface area contributed by atoms with Gasteiger partial charge in [-0.05, 0) is 37.0 Å². The van der Waals surface area contributed by atoms with Gasteiger partial charge in [0.15, 0.2) is 0 Å².